The Morgan fingerprint density at radius 3 is 2.85 bits per heavy atom. The molecule has 3 N–H and O–H groups in total. The minimum Gasteiger partial charge on any atom is -0.368 e. The Kier molecular flexibility index (Phi) is 7.79. The molecule has 1 aliphatic heterocycles. The van der Waals surface area contributed by atoms with Crippen LogP contribution >= 0.6 is 0 Å². The summed E-state index contributed by atoms with van der Waals surface area (Å²) in [7, 11) is 1.94. The predicted octanol–water partition coefficient (Wildman–Crippen LogP) is 3.44. The predicted molar refractivity (Wildman–Crippen MR) is 131 cm³/mol. The Balaban J connectivity index is 0.000000248. The number of halogens is 1. The van der Waals surface area contributed by atoms with Gasteiger partial charge in [0.05, 0.1) is 35.0 Å². The van der Waals surface area contributed by atoms with Crippen LogP contribution in [0.2, 0.25) is 0 Å². The lowest BCUT2D eigenvalue weighted by atomic mass is 10.1. The molecule has 1 fully saturated rings. The average molecular weight is 465 g/mol. The van der Waals surface area contributed by atoms with Crippen LogP contribution < -0.4 is 16.0 Å². The van der Waals surface area contributed by atoms with E-state index in [1.807, 2.05) is 48.6 Å². The summed E-state index contributed by atoms with van der Waals surface area (Å²) in [6, 6.07) is 5.83. The number of nitrogens with zero attached hydrogens (tertiary/aromatic N) is 6. The number of amides is 1. The number of carbonyl (C=O) groups is 1. The molecule has 0 saturated carbocycles. The first-order chi connectivity index (χ1) is 16.3. The second-order valence-electron chi connectivity index (χ2n) is 8.06. The molecule has 1 unspecified atom stereocenters. The first-order valence-electron chi connectivity index (χ1n) is 11.1. The zero-order chi connectivity index (χ0) is 24.8. The van der Waals surface area contributed by atoms with Gasteiger partial charge in [0, 0.05) is 19.3 Å². The number of aryl methyl sites for hydroxylation is 3. The molecule has 178 valence electrons. The number of aromatic nitrogens is 4. The van der Waals surface area contributed by atoms with Crippen molar-refractivity contribution in [2.24, 2.45) is 7.05 Å². The molecule has 1 amide bonds. The number of nitrogen functional groups attached to an aromatic ring is 1. The van der Waals surface area contributed by atoms with Crippen molar-refractivity contribution >= 4 is 34.5 Å². The molecule has 1 aliphatic rings. The van der Waals surface area contributed by atoms with Crippen LogP contribution in [-0.4, -0.2) is 44.7 Å². The van der Waals surface area contributed by atoms with Crippen molar-refractivity contribution in [1.82, 2.24) is 19.5 Å². The molecular formula is C24H29FN8O. The van der Waals surface area contributed by atoms with Crippen molar-refractivity contribution in [3.05, 3.63) is 47.8 Å². The number of nitrogens with one attached hydrogen (secondary N) is 1. The van der Waals surface area contributed by atoms with Gasteiger partial charge in [-0.2, -0.15) is 5.26 Å². The maximum absolute atomic E-state index is 13.7. The molecule has 3 aromatic rings. The highest BCUT2D eigenvalue weighted by molar-refractivity contribution is 6.00. The number of imidazole rings is 1. The molecule has 9 nitrogen and oxygen atoms in total. The molecule has 4 rings (SSSR count). The number of benzene rings is 1. The van der Waals surface area contributed by atoms with E-state index in [0.717, 1.165) is 35.5 Å². The summed E-state index contributed by atoms with van der Waals surface area (Å²) in [5.41, 5.74) is 9.95. The lowest BCUT2D eigenvalue weighted by Gasteiger charge is -2.29. The molecule has 0 spiro atoms. The van der Waals surface area contributed by atoms with Gasteiger partial charge in [0.25, 0.3) is 0 Å². The van der Waals surface area contributed by atoms with Gasteiger partial charge in [0.15, 0.2) is 0 Å². The minimum absolute atomic E-state index is 0.223. The van der Waals surface area contributed by atoms with Crippen molar-refractivity contribution in [2.45, 2.75) is 39.3 Å². The molecule has 1 aromatic carbocycles. The zero-order valence-corrected chi connectivity index (χ0v) is 19.7. The van der Waals surface area contributed by atoms with Gasteiger partial charge >= 0.3 is 0 Å². The smallest absolute Gasteiger partial charge is 0.247 e. The van der Waals surface area contributed by atoms with E-state index in [1.165, 1.54) is 12.3 Å². The minimum atomic E-state index is -0.798. The molecule has 3 heterocycles. The van der Waals surface area contributed by atoms with Crippen LogP contribution in [0, 0.1) is 18.3 Å². The number of carbonyl (C=O) groups excluding carboxylic acids is 1. The third kappa shape index (κ3) is 5.49. The van der Waals surface area contributed by atoms with E-state index in [0.29, 0.717) is 36.3 Å². The van der Waals surface area contributed by atoms with Crippen LogP contribution in [0.1, 0.15) is 36.6 Å². The number of alkyl halides is 1. The lowest BCUT2D eigenvalue weighted by Crippen LogP contribution is -2.37. The van der Waals surface area contributed by atoms with Crippen LogP contribution in [-0.2, 0) is 18.3 Å². The van der Waals surface area contributed by atoms with Gasteiger partial charge in [-0.1, -0.05) is 13.5 Å². The fourth-order valence-corrected chi connectivity index (χ4v) is 3.83. The number of nitrogens with two attached hydrogens (primary N) is 1. The van der Waals surface area contributed by atoms with Crippen LogP contribution in [0.4, 0.5) is 22.0 Å². The molecule has 1 atom stereocenters. The fourth-order valence-electron chi connectivity index (χ4n) is 3.83. The van der Waals surface area contributed by atoms with Gasteiger partial charge in [0.1, 0.15) is 12.2 Å². The standard InChI is InChI=1S/C17H21FN4O.C7H8N4/c1-4-16(23)19-13-9-14-15(8-11(13)2)21(3)17(20-14)22-7-5-6-12(18)10-22;1-2-6-5(3-8)4-10-7(9)11-6/h4,8-9,12H,1,5-7,10H2,2-3H3,(H,19,23);4H,2H2,1H3,(H2,9,10,11). The van der Waals surface area contributed by atoms with Gasteiger partial charge in [0.2, 0.25) is 17.8 Å². The van der Waals surface area contributed by atoms with Crippen LogP contribution in [0.15, 0.2) is 31.0 Å². The third-order valence-corrected chi connectivity index (χ3v) is 5.64. The monoisotopic (exact) mass is 464 g/mol. The molecule has 0 aliphatic carbocycles. The fraction of sp³-hybridized carbons (Fsp3) is 0.375. The molecule has 2 aromatic heterocycles. The first kappa shape index (κ1) is 24.6. The highest BCUT2D eigenvalue weighted by atomic mass is 19.1. The second-order valence-corrected chi connectivity index (χ2v) is 8.06. The number of hydrogen-bond acceptors (Lipinski definition) is 7. The van der Waals surface area contributed by atoms with Crippen molar-refractivity contribution < 1.29 is 9.18 Å². The Labute approximate surface area is 198 Å². The van der Waals surface area contributed by atoms with E-state index >= 15 is 0 Å². The average Bonchev–Trinajstić information content (AvgIpc) is 3.14. The van der Waals surface area contributed by atoms with Gasteiger partial charge in [-0.05, 0) is 50.0 Å². The summed E-state index contributed by atoms with van der Waals surface area (Å²) in [4.78, 5) is 25.8. The maximum atomic E-state index is 13.7. The van der Waals surface area contributed by atoms with Gasteiger partial charge in [-0.15, -0.1) is 0 Å². The first-order valence-corrected chi connectivity index (χ1v) is 11.1. The molecule has 10 heteroatoms. The maximum Gasteiger partial charge on any atom is 0.247 e. The van der Waals surface area contributed by atoms with Crippen LogP contribution in [0.5, 0.6) is 0 Å². The van der Waals surface area contributed by atoms with E-state index in [4.69, 9.17) is 11.0 Å². The van der Waals surface area contributed by atoms with Crippen LogP contribution in [0.3, 0.4) is 0 Å². The van der Waals surface area contributed by atoms with Crippen molar-refractivity contribution in [3.8, 4) is 6.07 Å². The van der Waals surface area contributed by atoms with E-state index in [2.05, 4.69) is 26.8 Å². The number of rotatable bonds is 4. The summed E-state index contributed by atoms with van der Waals surface area (Å²) in [5, 5.41) is 11.4. The molecule has 34 heavy (non-hydrogen) atoms. The number of hydrogen-bond donors (Lipinski definition) is 2. The van der Waals surface area contributed by atoms with E-state index in [9.17, 15) is 9.18 Å². The normalized spacial score (nSPS) is 15.3. The topological polar surface area (TPSA) is 126 Å². The summed E-state index contributed by atoms with van der Waals surface area (Å²) >= 11 is 0. The quantitative estimate of drug-likeness (QED) is 0.567. The van der Waals surface area contributed by atoms with Crippen molar-refractivity contribution in [1.29, 1.82) is 5.26 Å². The van der Waals surface area contributed by atoms with E-state index in [1.54, 1.807) is 0 Å². The van der Waals surface area contributed by atoms with E-state index < -0.39 is 6.17 Å². The second kappa shape index (κ2) is 10.7. The number of fused-ring (bicyclic) bond motifs is 1. The lowest BCUT2D eigenvalue weighted by molar-refractivity contribution is -0.111. The van der Waals surface area contributed by atoms with Gasteiger partial charge in [-0.3, -0.25) is 4.79 Å². The highest BCUT2D eigenvalue weighted by Gasteiger charge is 2.23. The van der Waals surface area contributed by atoms with E-state index in [-0.39, 0.29) is 11.9 Å². The summed E-state index contributed by atoms with van der Waals surface area (Å²) < 4.78 is 15.7. The summed E-state index contributed by atoms with van der Waals surface area (Å²) in [5.74, 6) is 0.745. The highest BCUT2D eigenvalue weighted by Crippen LogP contribution is 2.28. The van der Waals surface area contributed by atoms with Gasteiger partial charge in [-0.25, -0.2) is 19.3 Å². The SMILES string of the molecule is C=CC(=O)Nc1cc2nc(N3CCCC(F)C3)n(C)c2cc1C.CCc1nc(N)ncc1C#N. The Morgan fingerprint density at radius 2 is 2.21 bits per heavy atom. The summed E-state index contributed by atoms with van der Waals surface area (Å²) in [6.45, 7) is 8.52. The molecule has 0 bridgehead atoms. The Bertz CT molecular complexity index is 1250. The third-order valence-electron chi connectivity index (χ3n) is 5.64. The largest absolute Gasteiger partial charge is 0.368 e. The zero-order valence-electron chi connectivity index (χ0n) is 19.7. The van der Waals surface area contributed by atoms with Gasteiger partial charge < -0.3 is 20.5 Å². The molecular weight excluding hydrogens is 435 g/mol. The van der Waals surface area contributed by atoms with Crippen molar-refractivity contribution in [3.63, 3.8) is 0 Å². The Morgan fingerprint density at radius 1 is 1.44 bits per heavy atom. The number of nitriles is 1. The van der Waals surface area contributed by atoms with Crippen molar-refractivity contribution in [2.75, 3.05) is 29.0 Å². The molecule has 1 saturated heterocycles. The van der Waals surface area contributed by atoms with Crippen LogP contribution in [0.25, 0.3) is 11.0 Å². The number of anilines is 3. The number of piperidine rings is 1. The summed E-state index contributed by atoms with van der Waals surface area (Å²) in [6.07, 6.45) is 4.05. The molecule has 0 radical (unpaired) electrons. The Hall–Kier alpha value is -4.00.